The molecule has 2 fully saturated rings. The lowest BCUT2D eigenvalue weighted by Crippen LogP contribution is -2.27. The maximum Gasteiger partial charge on any atom is 0.320 e. The molecule has 0 radical (unpaired) electrons. The molecule has 16 heavy (non-hydrogen) atoms. The van der Waals surface area contributed by atoms with Crippen molar-refractivity contribution in [2.45, 2.75) is 19.8 Å². The Morgan fingerprint density at radius 1 is 1.62 bits per heavy atom. The van der Waals surface area contributed by atoms with E-state index in [9.17, 15) is 9.59 Å². The summed E-state index contributed by atoms with van der Waals surface area (Å²) >= 11 is 0. The van der Waals surface area contributed by atoms with E-state index in [4.69, 9.17) is 4.74 Å². The van der Waals surface area contributed by atoms with Crippen LogP contribution < -0.4 is 0 Å². The largest absolute Gasteiger partial charge is 0.468 e. The molecule has 2 rings (SSSR count). The first kappa shape index (κ1) is 11.1. The van der Waals surface area contributed by atoms with Gasteiger partial charge in [0.2, 0.25) is 0 Å². The summed E-state index contributed by atoms with van der Waals surface area (Å²) < 4.78 is 4.77. The third-order valence-electron chi connectivity index (χ3n) is 3.69. The summed E-state index contributed by atoms with van der Waals surface area (Å²) in [7, 11) is 1.34. The minimum Gasteiger partial charge on any atom is -0.468 e. The Morgan fingerprint density at radius 3 is 2.88 bits per heavy atom. The molecule has 0 N–H and O–H groups in total. The predicted octanol–water partition coefficient (Wildman–Crippen LogP) is 1.89. The number of fused-ring (bicyclic) bond motifs is 1. The second kappa shape index (κ2) is 3.58. The number of hydrogen-bond donors (Lipinski definition) is 0. The maximum atomic E-state index is 11.8. The van der Waals surface area contributed by atoms with Crippen molar-refractivity contribution in [3.8, 4) is 0 Å². The summed E-state index contributed by atoms with van der Waals surface area (Å²) in [6.07, 6.45) is 5.12. The molecule has 3 atom stereocenters. The number of hydrogen-bond acceptors (Lipinski definition) is 3. The van der Waals surface area contributed by atoms with E-state index in [-0.39, 0.29) is 23.6 Å². The van der Waals surface area contributed by atoms with E-state index in [2.05, 4.69) is 6.58 Å². The van der Waals surface area contributed by atoms with Crippen molar-refractivity contribution < 1.29 is 14.3 Å². The van der Waals surface area contributed by atoms with Crippen LogP contribution in [0, 0.1) is 17.3 Å². The molecule has 0 aromatic rings. The minimum absolute atomic E-state index is 0.0258. The first-order valence-corrected chi connectivity index (χ1v) is 5.50. The molecular weight excluding hydrogens is 204 g/mol. The van der Waals surface area contributed by atoms with Gasteiger partial charge in [0.05, 0.1) is 7.11 Å². The fourth-order valence-corrected chi connectivity index (χ4v) is 2.91. The van der Waals surface area contributed by atoms with Gasteiger partial charge in [-0.1, -0.05) is 24.3 Å². The summed E-state index contributed by atoms with van der Waals surface area (Å²) in [6.45, 7) is 5.66. The van der Waals surface area contributed by atoms with Crippen LogP contribution in [-0.4, -0.2) is 18.9 Å². The average molecular weight is 220 g/mol. The quantitative estimate of drug-likeness (QED) is 0.414. The number of Topliss-reactive ketones (excluding diaryl/α,β-unsaturated/α-hetero) is 1. The number of methoxy groups -OCH3 is 1. The second-order valence-corrected chi connectivity index (χ2v) is 4.66. The van der Waals surface area contributed by atoms with Gasteiger partial charge in [-0.2, -0.15) is 0 Å². The van der Waals surface area contributed by atoms with E-state index in [1.165, 1.54) is 7.11 Å². The first-order chi connectivity index (χ1) is 7.55. The van der Waals surface area contributed by atoms with Gasteiger partial charge in [-0.15, -0.1) is 0 Å². The van der Waals surface area contributed by atoms with E-state index >= 15 is 0 Å². The number of carbonyl (C=O) groups excluding carboxylic acids is 2. The van der Waals surface area contributed by atoms with Crippen LogP contribution in [0.2, 0.25) is 0 Å². The molecule has 0 aromatic heterocycles. The van der Waals surface area contributed by atoms with Gasteiger partial charge in [0.25, 0.3) is 0 Å². The van der Waals surface area contributed by atoms with E-state index in [0.29, 0.717) is 6.42 Å². The summed E-state index contributed by atoms with van der Waals surface area (Å²) in [6, 6.07) is 0. The number of rotatable bonds is 3. The summed E-state index contributed by atoms with van der Waals surface area (Å²) in [5, 5.41) is 0. The van der Waals surface area contributed by atoms with Crippen LogP contribution in [0.5, 0.6) is 0 Å². The van der Waals surface area contributed by atoms with Crippen LogP contribution in [0.15, 0.2) is 24.3 Å². The summed E-state index contributed by atoms with van der Waals surface area (Å²) in [5.41, 5.74) is 0.0817. The molecule has 3 nitrogen and oxygen atoms in total. The van der Waals surface area contributed by atoms with Crippen molar-refractivity contribution in [3.63, 3.8) is 0 Å². The summed E-state index contributed by atoms with van der Waals surface area (Å²) in [4.78, 5) is 23.6. The Morgan fingerprint density at radius 2 is 2.31 bits per heavy atom. The van der Waals surface area contributed by atoms with E-state index in [0.717, 1.165) is 12.0 Å². The van der Waals surface area contributed by atoms with E-state index < -0.39 is 5.41 Å². The molecule has 86 valence electrons. The molecule has 0 aliphatic heterocycles. The number of allylic oxidation sites excluding steroid dienone is 3. The lowest BCUT2D eigenvalue weighted by Gasteiger charge is -2.09. The van der Waals surface area contributed by atoms with Crippen LogP contribution in [-0.2, 0) is 14.3 Å². The molecule has 0 spiro atoms. The van der Waals surface area contributed by atoms with Gasteiger partial charge in [-0.25, -0.2) is 0 Å². The van der Waals surface area contributed by atoms with Gasteiger partial charge >= 0.3 is 5.97 Å². The number of esters is 1. The van der Waals surface area contributed by atoms with Crippen molar-refractivity contribution >= 4 is 11.8 Å². The van der Waals surface area contributed by atoms with E-state index in [1.807, 2.05) is 19.1 Å². The van der Waals surface area contributed by atoms with Crippen LogP contribution in [0.3, 0.4) is 0 Å². The van der Waals surface area contributed by atoms with Crippen molar-refractivity contribution in [1.82, 2.24) is 0 Å². The zero-order valence-electron chi connectivity index (χ0n) is 9.66. The number of carbonyl (C=O) groups is 2. The average Bonchev–Trinajstić information content (AvgIpc) is 2.78. The summed E-state index contributed by atoms with van der Waals surface area (Å²) in [5.74, 6) is -0.141. The SMILES string of the molecule is C=C(C)/C=C/C1C2CCC(=O)C12C(=O)OC. The number of ketones is 1. The highest BCUT2D eigenvalue weighted by molar-refractivity contribution is 6.10. The third kappa shape index (κ3) is 1.27. The van der Waals surface area contributed by atoms with Crippen LogP contribution in [0.1, 0.15) is 19.8 Å². The van der Waals surface area contributed by atoms with Crippen molar-refractivity contribution in [1.29, 1.82) is 0 Å². The maximum absolute atomic E-state index is 11.8. The smallest absolute Gasteiger partial charge is 0.320 e. The van der Waals surface area contributed by atoms with Crippen molar-refractivity contribution in [3.05, 3.63) is 24.3 Å². The van der Waals surface area contributed by atoms with Crippen LogP contribution >= 0.6 is 0 Å². The molecule has 2 aliphatic carbocycles. The molecule has 3 unspecified atom stereocenters. The monoisotopic (exact) mass is 220 g/mol. The molecule has 0 bridgehead atoms. The van der Waals surface area contributed by atoms with Gasteiger partial charge in [0.1, 0.15) is 5.41 Å². The third-order valence-corrected chi connectivity index (χ3v) is 3.69. The molecule has 0 aromatic carbocycles. The highest BCUT2D eigenvalue weighted by Gasteiger charge is 2.76. The zero-order chi connectivity index (χ0) is 11.9. The Bertz CT molecular complexity index is 394. The first-order valence-electron chi connectivity index (χ1n) is 5.50. The fourth-order valence-electron chi connectivity index (χ4n) is 2.91. The molecule has 2 saturated carbocycles. The van der Waals surface area contributed by atoms with Crippen LogP contribution in [0.4, 0.5) is 0 Å². The fraction of sp³-hybridized carbons (Fsp3) is 0.538. The van der Waals surface area contributed by atoms with Crippen molar-refractivity contribution in [2.24, 2.45) is 17.3 Å². The minimum atomic E-state index is -0.847. The van der Waals surface area contributed by atoms with Gasteiger partial charge in [0, 0.05) is 12.3 Å². The van der Waals surface area contributed by atoms with Crippen LogP contribution in [0.25, 0.3) is 0 Å². The highest BCUT2D eigenvalue weighted by atomic mass is 16.5. The Balaban J connectivity index is 2.23. The standard InChI is InChI=1S/C13H16O3/c1-8(2)4-5-9-10-6-7-11(14)13(9,10)12(15)16-3/h4-5,9-10H,1,6-7H2,2-3H3/b5-4+. The molecule has 0 heterocycles. The highest BCUT2D eigenvalue weighted by Crippen LogP contribution is 2.67. The Kier molecular flexibility index (Phi) is 2.49. The van der Waals surface area contributed by atoms with Gasteiger partial charge in [-0.05, 0) is 19.3 Å². The molecule has 2 aliphatic rings. The Labute approximate surface area is 95.2 Å². The molecular formula is C13H16O3. The van der Waals surface area contributed by atoms with Gasteiger partial charge < -0.3 is 4.74 Å². The number of ether oxygens (including phenoxy) is 1. The van der Waals surface area contributed by atoms with Gasteiger partial charge in [-0.3, -0.25) is 9.59 Å². The van der Waals surface area contributed by atoms with E-state index in [1.54, 1.807) is 0 Å². The molecule has 0 saturated heterocycles. The predicted molar refractivity (Wildman–Crippen MR) is 59.6 cm³/mol. The molecule has 0 amide bonds. The second-order valence-electron chi connectivity index (χ2n) is 4.66. The van der Waals surface area contributed by atoms with Gasteiger partial charge in [0.15, 0.2) is 5.78 Å². The zero-order valence-corrected chi connectivity index (χ0v) is 9.66. The topological polar surface area (TPSA) is 43.4 Å². The lowest BCUT2D eigenvalue weighted by molar-refractivity contribution is -0.151. The molecule has 3 heteroatoms. The lowest BCUT2D eigenvalue weighted by atomic mass is 9.98. The Hall–Kier alpha value is -1.38. The normalized spacial score (nSPS) is 36.2. The van der Waals surface area contributed by atoms with Crippen molar-refractivity contribution in [2.75, 3.05) is 7.11 Å².